The molecule has 6 heteroatoms. The molecule has 0 radical (unpaired) electrons. The van der Waals surface area contributed by atoms with E-state index in [4.69, 9.17) is 10.5 Å². The molecule has 106 valence electrons. The number of carbonyl (C=O) groups excluding carboxylic acids is 1. The van der Waals surface area contributed by atoms with Gasteiger partial charge in [-0.2, -0.15) is 0 Å². The van der Waals surface area contributed by atoms with Crippen molar-refractivity contribution in [2.24, 2.45) is 0 Å². The summed E-state index contributed by atoms with van der Waals surface area (Å²) >= 11 is 1.58. The lowest BCUT2D eigenvalue weighted by Gasteiger charge is -2.11. The Labute approximate surface area is 121 Å². The zero-order valence-electron chi connectivity index (χ0n) is 11.5. The van der Waals surface area contributed by atoms with Crippen LogP contribution in [0.5, 0.6) is 0 Å². The van der Waals surface area contributed by atoms with Gasteiger partial charge in [0.1, 0.15) is 0 Å². The highest BCUT2D eigenvalue weighted by atomic mass is 32.1. The molecule has 0 amide bonds. The maximum absolute atomic E-state index is 11.9. The number of nitrogen functional groups attached to an aromatic ring is 1. The first-order valence-electron chi connectivity index (χ1n) is 6.31. The first-order chi connectivity index (χ1) is 9.61. The summed E-state index contributed by atoms with van der Waals surface area (Å²) in [4.78, 5) is 17.3. The number of hydrogen-bond acceptors (Lipinski definition) is 6. The Morgan fingerprint density at radius 2 is 2.30 bits per heavy atom. The molecule has 0 unspecified atom stereocenters. The van der Waals surface area contributed by atoms with Gasteiger partial charge in [-0.15, -0.1) is 11.3 Å². The monoisotopic (exact) mass is 291 g/mol. The molecule has 0 aliphatic rings. The van der Waals surface area contributed by atoms with Gasteiger partial charge in [-0.1, -0.05) is 0 Å². The summed E-state index contributed by atoms with van der Waals surface area (Å²) in [5.41, 5.74) is 10.2. The molecule has 2 aromatic rings. The molecule has 0 atom stereocenters. The van der Waals surface area contributed by atoms with Crippen LogP contribution in [0.25, 0.3) is 0 Å². The molecule has 20 heavy (non-hydrogen) atoms. The Morgan fingerprint density at radius 1 is 1.50 bits per heavy atom. The highest BCUT2D eigenvalue weighted by Crippen LogP contribution is 2.22. The fraction of sp³-hybridized carbons (Fsp3) is 0.286. The van der Waals surface area contributed by atoms with Crippen molar-refractivity contribution in [3.8, 4) is 0 Å². The van der Waals surface area contributed by atoms with Crippen molar-refractivity contribution in [2.75, 3.05) is 17.7 Å². The van der Waals surface area contributed by atoms with E-state index in [1.807, 2.05) is 12.4 Å². The molecular weight excluding hydrogens is 274 g/mol. The van der Waals surface area contributed by atoms with Crippen molar-refractivity contribution in [2.45, 2.75) is 20.4 Å². The van der Waals surface area contributed by atoms with E-state index in [1.54, 1.807) is 36.5 Å². The number of nitrogens with one attached hydrogen (secondary N) is 1. The fourth-order valence-corrected chi connectivity index (χ4v) is 2.48. The highest BCUT2D eigenvalue weighted by molar-refractivity contribution is 7.09. The lowest BCUT2D eigenvalue weighted by molar-refractivity contribution is 0.0527. The van der Waals surface area contributed by atoms with Crippen molar-refractivity contribution in [3.05, 3.63) is 39.8 Å². The Balaban J connectivity index is 2.18. The molecule has 0 bridgehead atoms. The molecule has 1 aromatic carbocycles. The van der Waals surface area contributed by atoms with Crippen molar-refractivity contribution in [3.63, 3.8) is 0 Å². The van der Waals surface area contributed by atoms with Gasteiger partial charge in [-0.05, 0) is 32.0 Å². The largest absolute Gasteiger partial charge is 0.462 e. The van der Waals surface area contributed by atoms with E-state index >= 15 is 0 Å². The Morgan fingerprint density at radius 3 is 2.95 bits per heavy atom. The molecule has 0 saturated carbocycles. The van der Waals surface area contributed by atoms with Crippen LogP contribution >= 0.6 is 11.3 Å². The summed E-state index contributed by atoms with van der Waals surface area (Å²) in [6.07, 6.45) is 0. The number of carbonyl (C=O) groups is 1. The number of thiazole rings is 1. The normalized spacial score (nSPS) is 10.3. The molecule has 5 nitrogen and oxygen atoms in total. The molecule has 3 N–H and O–H groups in total. The predicted molar refractivity (Wildman–Crippen MR) is 81.0 cm³/mol. The third kappa shape index (κ3) is 3.27. The van der Waals surface area contributed by atoms with Gasteiger partial charge in [-0.3, -0.25) is 0 Å². The van der Waals surface area contributed by atoms with Gasteiger partial charge >= 0.3 is 5.97 Å². The smallest absolute Gasteiger partial charge is 0.340 e. The Hall–Kier alpha value is -2.08. The zero-order valence-corrected chi connectivity index (χ0v) is 12.3. The van der Waals surface area contributed by atoms with Crippen LogP contribution in [0.2, 0.25) is 0 Å². The number of hydrogen-bond donors (Lipinski definition) is 2. The molecular formula is C14H17N3O2S. The number of esters is 1. The van der Waals surface area contributed by atoms with Gasteiger partial charge in [0.05, 0.1) is 29.9 Å². The van der Waals surface area contributed by atoms with Crippen molar-refractivity contribution < 1.29 is 9.53 Å². The van der Waals surface area contributed by atoms with E-state index in [0.29, 0.717) is 30.1 Å². The number of benzene rings is 1. The molecule has 0 aliphatic carbocycles. The molecule has 1 aromatic heterocycles. The lowest BCUT2D eigenvalue weighted by Crippen LogP contribution is -2.10. The van der Waals surface area contributed by atoms with Crippen molar-refractivity contribution >= 4 is 28.7 Å². The number of aryl methyl sites for hydroxylation is 1. The van der Waals surface area contributed by atoms with E-state index in [9.17, 15) is 4.79 Å². The molecule has 0 saturated heterocycles. The molecule has 0 fully saturated rings. The van der Waals surface area contributed by atoms with Gasteiger partial charge in [0.15, 0.2) is 0 Å². The first-order valence-corrected chi connectivity index (χ1v) is 7.19. The SMILES string of the molecule is CCOC(=O)c1cc(N)ccc1NCc1scnc1C. The second-order valence-electron chi connectivity index (χ2n) is 4.24. The van der Waals surface area contributed by atoms with Crippen molar-refractivity contribution in [1.82, 2.24) is 4.98 Å². The average Bonchev–Trinajstić information content (AvgIpc) is 2.83. The van der Waals surface area contributed by atoms with Crippen LogP contribution in [0.15, 0.2) is 23.7 Å². The quantitative estimate of drug-likeness (QED) is 0.654. The van der Waals surface area contributed by atoms with Gasteiger partial charge < -0.3 is 15.8 Å². The second kappa shape index (κ2) is 6.38. The van der Waals surface area contributed by atoms with Crippen LogP contribution in [0.4, 0.5) is 11.4 Å². The average molecular weight is 291 g/mol. The summed E-state index contributed by atoms with van der Waals surface area (Å²) < 4.78 is 5.04. The molecule has 2 rings (SSSR count). The number of anilines is 2. The number of aromatic nitrogens is 1. The third-order valence-corrected chi connectivity index (χ3v) is 3.76. The Bertz CT molecular complexity index is 610. The molecule has 1 heterocycles. The van der Waals surface area contributed by atoms with Crippen LogP contribution in [-0.4, -0.2) is 17.6 Å². The van der Waals surface area contributed by atoms with Gasteiger partial charge in [0.25, 0.3) is 0 Å². The highest BCUT2D eigenvalue weighted by Gasteiger charge is 2.13. The summed E-state index contributed by atoms with van der Waals surface area (Å²) in [5, 5.41) is 3.24. The van der Waals surface area contributed by atoms with E-state index < -0.39 is 0 Å². The summed E-state index contributed by atoms with van der Waals surface area (Å²) in [6, 6.07) is 5.17. The van der Waals surface area contributed by atoms with E-state index in [1.165, 1.54) is 0 Å². The summed E-state index contributed by atoms with van der Waals surface area (Å²) in [5.74, 6) is -0.372. The first kappa shape index (κ1) is 14.3. The van der Waals surface area contributed by atoms with E-state index in [2.05, 4.69) is 10.3 Å². The summed E-state index contributed by atoms with van der Waals surface area (Å²) in [6.45, 7) is 4.69. The van der Waals surface area contributed by atoms with Gasteiger partial charge in [0.2, 0.25) is 0 Å². The van der Waals surface area contributed by atoms with Crippen LogP contribution in [-0.2, 0) is 11.3 Å². The van der Waals surface area contributed by atoms with Crippen LogP contribution in [0, 0.1) is 6.92 Å². The minimum atomic E-state index is -0.372. The minimum Gasteiger partial charge on any atom is -0.462 e. The Kier molecular flexibility index (Phi) is 4.57. The number of ether oxygens (including phenoxy) is 1. The maximum atomic E-state index is 11.9. The second-order valence-corrected chi connectivity index (χ2v) is 5.18. The third-order valence-electron chi connectivity index (χ3n) is 2.82. The number of nitrogens with two attached hydrogens (primary N) is 1. The van der Waals surface area contributed by atoms with Crippen molar-refractivity contribution in [1.29, 1.82) is 0 Å². The topological polar surface area (TPSA) is 77.2 Å². The zero-order chi connectivity index (χ0) is 14.5. The van der Waals surface area contributed by atoms with Crippen LogP contribution in [0.1, 0.15) is 27.9 Å². The summed E-state index contributed by atoms with van der Waals surface area (Å²) in [7, 11) is 0. The minimum absolute atomic E-state index is 0.334. The van der Waals surface area contributed by atoms with E-state index in [-0.39, 0.29) is 5.97 Å². The lowest BCUT2D eigenvalue weighted by atomic mass is 10.1. The van der Waals surface area contributed by atoms with Gasteiger partial charge in [0, 0.05) is 16.3 Å². The van der Waals surface area contributed by atoms with Gasteiger partial charge in [-0.25, -0.2) is 9.78 Å². The standard InChI is InChI=1S/C14H17N3O2S/c1-3-19-14(18)11-6-10(15)4-5-12(11)16-7-13-9(2)17-8-20-13/h4-6,8,16H,3,7,15H2,1-2H3. The van der Waals surface area contributed by atoms with E-state index in [0.717, 1.165) is 10.6 Å². The van der Waals surface area contributed by atoms with Crippen LogP contribution in [0.3, 0.4) is 0 Å². The number of rotatable bonds is 5. The molecule has 0 spiro atoms. The fourth-order valence-electron chi connectivity index (χ4n) is 1.77. The predicted octanol–water partition coefficient (Wildman–Crippen LogP) is 2.82. The maximum Gasteiger partial charge on any atom is 0.340 e. The van der Waals surface area contributed by atoms with Crippen LogP contribution < -0.4 is 11.1 Å². The number of nitrogens with zero attached hydrogens (tertiary/aromatic N) is 1. The molecule has 0 aliphatic heterocycles.